The molecule has 0 aromatic heterocycles. The molecule has 0 N–H and O–H groups in total. The minimum Gasteiger partial charge on any atom is -0.462 e. The molecule has 0 heterocycles. The van der Waals surface area contributed by atoms with Crippen LogP contribution in [0, 0.1) is 0 Å². The Hall–Kier alpha value is -3.15. The summed E-state index contributed by atoms with van der Waals surface area (Å²) in [7, 11) is 0. The first kappa shape index (κ1) is 52.9. The molecular weight excluding hydrogens is 697 g/mol. The summed E-state index contributed by atoms with van der Waals surface area (Å²) in [5.74, 6) is -0.973. The second-order valence-electron chi connectivity index (χ2n) is 14.9. The Morgan fingerprint density at radius 2 is 0.714 bits per heavy atom. The van der Waals surface area contributed by atoms with Crippen LogP contribution in [0.3, 0.4) is 0 Å². The van der Waals surface area contributed by atoms with E-state index in [9.17, 15) is 14.4 Å². The van der Waals surface area contributed by atoms with Crippen LogP contribution in [-0.2, 0) is 28.6 Å². The standard InChI is InChI=1S/C50H84O6/c1-4-7-10-13-16-19-22-23-24-25-26-29-31-34-37-40-43-49(52)55-46-47(56-50(53)44-41-38-35-32-28-21-18-15-12-9-6-3)45-54-48(51)42-39-36-33-30-27-20-17-14-11-8-5-2/h7,9-10,12,16,18-19,21,23-24,32,35,47H,4-6,8,11,13-15,17,20,22,25-31,33-34,36-46H2,1-3H3/b10-7-,12-9-,19-16-,21-18-,24-23-,35-32-. The lowest BCUT2D eigenvalue weighted by Gasteiger charge is -2.18. The van der Waals surface area contributed by atoms with Gasteiger partial charge in [0.05, 0.1) is 0 Å². The van der Waals surface area contributed by atoms with Crippen molar-refractivity contribution in [3.8, 4) is 0 Å². The maximum absolute atomic E-state index is 12.7. The molecule has 0 aromatic carbocycles. The van der Waals surface area contributed by atoms with Gasteiger partial charge in [-0.2, -0.15) is 0 Å². The van der Waals surface area contributed by atoms with Crippen molar-refractivity contribution in [3.05, 3.63) is 72.9 Å². The first-order chi connectivity index (χ1) is 27.5. The quantitative estimate of drug-likeness (QED) is 0.0267. The predicted octanol–water partition coefficient (Wildman–Crippen LogP) is 14.7. The van der Waals surface area contributed by atoms with Crippen molar-refractivity contribution in [2.75, 3.05) is 13.2 Å². The Morgan fingerprint density at radius 3 is 1.14 bits per heavy atom. The van der Waals surface area contributed by atoms with Crippen molar-refractivity contribution in [2.24, 2.45) is 0 Å². The van der Waals surface area contributed by atoms with Gasteiger partial charge in [0, 0.05) is 19.3 Å². The van der Waals surface area contributed by atoms with Gasteiger partial charge >= 0.3 is 17.9 Å². The van der Waals surface area contributed by atoms with Crippen LogP contribution in [0.5, 0.6) is 0 Å². The van der Waals surface area contributed by atoms with E-state index in [0.717, 1.165) is 89.9 Å². The van der Waals surface area contributed by atoms with E-state index < -0.39 is 6.10 Å². The molecule has 0 fully saturated rings. The summed E-state index contributed by atoms with van der Waals surface area (Å²) in [4.78, 5) is 37.7. The summed E-state index contributed by atoms with van der Waals surface area (Å²) in [6.45, 7) is 6.33. The Labute approximate surface area is 344 Å². The number of esters is 3. The predicted molar refractivity (Wildman–Crippen MR) is 238 cm³/mol. The fourth-order valence-electron chi connectivity index (χ4n) is 6.07. The van der Waals surface area contributed by atoms with Crippen molar-refractivity contribution in [3.63, 3.8) is 0 Å². The van der Waals surface area contributed by atoms with Gasteiger partial charge in [0.1, 0.15) is 13.2 Å². The zero-order chi connectivity index (χ0) is 40.8. The molecule has 0 aromatic rings. The highest BCUT2D eigenvalue weighted by Crippen LogP contribution is 2.14. The molecule has 320 valence electrons. The third kappa shape index (κ3) is 42.0. The van der Waals surface area contributed by atoms with Crippen LogP contribution in [0.1, 0.15) is 207 Å². The average Bonchev–Trinajstić information content (AvgIpc) is 3.19. The number of unbranched alkanes of at least 4 members (excludes halogenated alkanes) is 17. The van der Waals surface area contributed by atoms with E-state index in [0.29, 0.717) is 19.3 Å². The van der Waals surface area contributed by atoms with E-state index in [-0.39, 0.29) is 37.5 Å². The number of hydrogen-bond donors (Lipinski definition) is 0. The second-order valence-corrected chi connectivity index (χ2v) is 14.9. The average molecular weight is 781 g/mol. The van der Waals surface area contributed by atoms with Crippen molar-refractivity contribution in [1.82, 2.24) is 0 Å². The van der Waals surface area contributed by atoms with Crippen molar-refractivity contribution in [2.45, 2.75) is 213 Å². The molecule has 0 radical (unpaired) electrons. The number of rotatable bonds is 40. The molecular formula is C50H84O6. The normalized spacial score (nSPS) is 12.7. The summed E-state index contributed by atoms with van der Waals surface area (Å²) >= 11 is 0. The Kier molecular flexibility index (Phi) is 42.1. The van der Waals surface area contributed by atoms with Gasteiger partial charge in [0.2, 0.25) is 0 Å². The minimum absolute atomic E-state index is 0.0991. The highest BCUT2D eigenvalue weighted by Gasteiger charge is 2.19. The molecule has 6 nitrogen and oxygen atoms in total. The zero-order valence-corrected chi connectivity index (χ0v) is 36.4. The van der Waals surface area contributed by atoms with E-state index in [1.807, 2.05) is 0 Å². The van der Waals surface area contributed by atoms with Crippen LogP contribution in [0.4, 0.5) is 0 Å². The SMILES string of the molecule is CC/C=C\C/C=C\C/C=C\CCCCCCCCC(=O)OCC(COC(=O)CCCCCCCCCCCCC)OC(=O)CCC/C=C\C/C=C\C/C=C\CC. The summed E-state index contributed by atoms with van der Waals surface area (Å²) in [6, 6.07) is 0. The lowest BCUT2D eigenvalue weighted by Crippen LogP contribution is -2.30. The molecule has 0 bridgehead atoms. The molecule has 1 unspecified atom stereocenters. The van der Waals surface area contributed by atoms with Gasteiger partial charge in [0.15, 0.2) is 6.10 Å². The van der Waals surface area contributed by atoms with E-state index in [1.165, 1.54) is 70.6 Å². The third-order valence-corrected chi connectivity index (χ3v) is 9.46. The molecule has 0 aliphatic rings. The highest BCUT2D eigenvalue weighted by atomic mass is 16.6. The molecule has 0 rings (SSSR count). The molecule has 1 atom stereocenters. The summed E-state index contributed by atoms with van der Waals surface area (Å²) < 4.78 is 16.6. The van der Waals surface area contributed by atoms with Gasteiger partial charge in [0.25, 0.3) is 0 Å². The number of carbonyl (C=O) groups excluding carboxylic acids is 3. The van der Waals surface area contributed by atoms with E-state index >= 15 is 0 Å². The van der Waals surface area contributed by atoms with Crippen LogP contribution < -0.4 is 0 Å². The van der Waals surface area contributed by atoms with Crippen molar-refractivity contribution < 1.29 is 28.6 Å². The van der Waals surface area contributed by atoms with Crippen LogP contribution in [0.25, 0.3) is 0 Å². The minimum atomic E-state index is -0.803. The lowest BCUT2D eigenvalue weighted by molar-refractivity contribution is -0.167. The van der Waals surface area contributed by atoms with Gasteiger partial charge < -0.3 is 14.2 Å². The van der Waals surface area contributed by atoms with Crippen LogP contribution in [0.2, 0.25) is 0 Å². The number of hydrogen-bond acceptors (Lipinski definition) is 6. The summed E-state index contributed by atoms with van der Waals surface area (Å²) in [6.07, 6.45) is 54.6. The van der Waals surface area contributed by atoms with Gasteiger partial charge in [-0.3, -0.25) is 14.4 Å². The van der Waals surface area contributed by atoms with Crippen molar-refractivity contribution in [1.29, 1.82) is 0 Å². The van der Waals surface area contributed by atoms with Crippen LogP contribution >= 0.6 is 0 Å². The molecule has 0 saturated carbocycles. The van der Waals surface area contributed by atoms with E-state index in [4.69, 9.17) is 14.2 Å². The fourth-order valence-corrected chi connectivity index (χ4v) is 6.07. The molecule has 0 aliphatic heterocycles. The van der Waals surface area contributed by atoms with Crippen molar-refractivity contribution >= 4 is 17.9 Å². The number of carbonyl (C=O) groups is 3. The number of ether oxygens (including phenoxy) is 3. The van der Waals surface area contributed by atoms with Gasteiger partial charge in [-0.05, 0) is 77.0 Å². The van der Waals surface area contributed by atoms with Crippen LogP contribution in [0.15, 0.2) is 72.9 Å². The topological polar surface area (TPSA) is 78.9 Å². The fraction of sp³-hybridized carbons (Fsp3) is 0.700. The third-order valence-electron chi connectivity index (χ3n) is 9.46. The first-order valence-corrected chi connectivity index (χ1v) is 22.9. The Morgan fingerprint density at radius 1 is 0.375 bits per heavy atom. The Bertz CT molecular complexity index is 1080. The molecule has 0 aliphatic carbocycles. The first-order valence-electron chi connectivity index (χ1n) is 22.9. The van der Waals surface area contributed by atoms with Gasteiger partial charge in [-0.25, -0.2) is 0 Å². The molecule has 0 saturated heterocycles. The number of allylic oxidation sites excluding steroid dienone is 12. The smallest absolute Gasteiger partial charge is 0.306 e. The van der Waals surface area contributed by atoms with Gasteiger partial charge in [-0.1, -0.05) is 184 Å². The van der Waals surface area contributed by atoms with E-state index in [2.05, 4.69) is 93.7 Å². The molecule has 56 heavy (non-hydrogen) atoms. The highest BCUT2D eigenvalue weighted by molar-refractivity contribution is 5.71. The zero-order valence-electron chi connectivity index (χ0n) is 36.4. The monoisotopic (exact) mass is 781 g/mol. The maximum Gasteiger partial charge on any atom is 0.306 e. The summed E-state index contributed by atoms with van der Waals surface area (Å²) in [5.41, 5.74) is 0. The lowest BCUT2D eigenvalue weighted by atomic mass is 10.1. The van der Waals surface area contributed by atoms with Crippen LogP contribution in [-0.4, -0.2) is 37.2 Å². The van der Waals surface area contributed by atoms with Gasteiger partial charge in [-0.15, -0.1) is 0 Å². The molecule has 0 spiro atoms. The van der Waals surface area contributed by atoms with E-state index in [1.54, 1.807) is 0 Å². The molecule has 0 amide bonds. The second kappa shape index (κ2) is 44.6. The maximum atomic E-state index is 12.7. The summed E-state index contributed by atoms with van der Waals surface area (Å²) in [5, 5.41) is 0. The molecule has 6 heteroatoms. The Balaban J connectivity index is 4.43. The largest absolute Gasteiger partial charge is 0.462 e.